The predicted octanol–water partition coefficient (Wildman–Crippen LogP) is 1.44. The predicted molar refractivity (Wildman–Crippen MR) is 73.3 cm³/mol. The van der Waals surface area contributed by atoms with E-state index in [0.717, 1.165) is 12.2 Å². The third kappa shape index (κ3) is 3.99. The zero-order chi connectivity index (χ0) is 12.3. The molecule has 1 aliphatic rings. The Morgan fingerprint density at radius 1 is 1.61 bits per heavy atom. The highest BCUT2D eigenvalue weighted by Crippen LogP contribution is 2.38. The molecule has 1 amide bonds. The van der Waals surface area contributed by atoms with Crippen molar-refractivity contribution < 1.29 is 4.79 Å². The second-order valence-corrected chi connectivity index (χ2v) is 4.65. The number of carbonyl (C=O) groups excluding carboxylic acids is 1. The zero-order valence-corrected chi connectivity index (χ0v) is 11.6. The van der Waals surface area contributed by atoms with Crippen molar-refractivity contribution in [3.63, 3.8) is 0 Å². The Bertz CT molecular complexity index is 389. The first-order chi connectivity index (χ1) is 8.20. The van der Waals surface area contributed by atoms with Crippen molar-refractivity contribution in [3.05, 3.63) is 17.5 Å². The molecule has 0 unspecified atom stereocenters. The third-order valence-electron chi connectivity index (χ3n) is 2.97. The number of rotatable bonds is 6. The molecule has 1 atom stereocenters. The smallest absolute Gasteiger partial charge is 0.271 e. The first-order valence-corrected chi connectivity index (χ1v) is 6.27. The van der Waals surface area contributed by atoms with Crippen LogP contribution in [-0.4, -0.2) is 35.2 Å². The quantitative estimate of drug-likeness (QED) is 0.734. The lowest BCUT2D eigenvalue weighted by atomic mass is 10.2. The summed E-state index contributed by atoms with van der Waals surface area (Å²) < 4.78 is 0. The number of hydrogen-bond donors (Lipinski definition) is 3. The number of nitrogens with zero attached hydrogens (tertiary/aromatic N) is 1. The van der Waals surface area contributed by atoms with Crippen LogP contribution in [0.4, 0.5) is 0 Å². The fourth-order valence-electron chi connectivity index (χ4n) is 1.81. The van der Waals surface area contributed by atoms with E-state index in [9.17, 15) is 4.79 Å². The lowest BCUT2D eigenvalue weighted by Gasteiger charge is -2.12. The van der Waals surface area contributed by atoms with Gasteiger partial charge in [0.2, 0.25) is 0 Å². The molecule has 0 radical (unpaired) electrons. The molecule has 0 aliphatic heterocycles. The SMILES string of the molecule is CCN[C@H](C)CNC(=O)c1cc(C2CC2)[nH]n1.Cl. The first kappa shape index (κ1) is 15.0. The monoisotopic (exact) mass is 272 g/mol. The Kier molecular flexibility index (Phi) is 5.62. The van der Waals surface area contributed by atoms with Crippen molar-refractivity contribution in [2.24, 2.45) is 0 Å². The molecular formula is C12H21ClN4O. The summed E-state index contributed by atoms with van der Waals surface area (Å²) in [5, 5.41) is 13.1. The molecule has 1 aromatic heterocycles. The molecule has 0 bridgehead atoms. The second-order valence-electron chi connectivity index (χ2n) is 4.65. The highest BCUT2D eigenvalue weighted by atomic mass is 35.5. The van der Waals surface area contributed by atoms with Gasteiger partial charge in [0.05, 0.1) is 0 Å². The highest BCUT2D eigenvalue weighted by Gasteiger charge is 2.26. The molecular weight excluding hydrogens is 252 g/mol. The molecule has 1 fully saturated rings. The average molecular weight is 273 g/mol. The topological polar surface area (TPSA) is 69.8 Å². The Balaban J connectivity index is 0.00000162. The van der Waals surface area contributed by atoms with E-state index < -0.39 is 0 Å². The lowest BCUT2D eigenvalue weighted by Crippen LogP contribution is -2.38. The van der Waals surface area contributed by atoms with Crippen molar-refractivity contribution >= 4 is 18.3 Å². The van der Waals surface area contributed by atoms with Gasteiger partial charge in [0, 0.05) is 24.2 Å². The number of hydrogen-bond acceptors (Lipinski definition) is 3. The lowest BCUT2D eigenvalue weighted by molar-refractivity contribution is 0.0945. The number of amides is 1. The van der Waals surface area contributed by atoms with E-state index in [4.69, 9.17) is 0 Å². The summed E-state index contributed by atoms with van der Waals surface area (Å²) in [6, 6.07) is 2.15. The summed E-state index contributed by atoms with van der Waals surface area (Å²) >= 11 is 0. The molecule has 1 aliphatic carbocycles. The van der Waals surface area contributed by atoms with Gasteiger partial charge in [0.25, 0.3) is 5.91 Å². The second kappa shape index (κ2) is 6.75. The average Bonchev–Trinajstić information content (AvgIpc) is 3.05. The molecule has 0 spiro atoms. The van der Waals surface area contributed by atoms with E-state index >= 15 is 0 Å². The van der Waals surface area contributed by atoms with Crippen molar-refractivity contribution in [1.29, 1.82) is 0 Å². The normalized spacial score (nSPS) is 15.9. The molecule has 6 heteroatoms. The molecule has 0 saturated heterocycles. The summed E-state index contributed by atoms with van der Waals surface area (Å²) in [6.45, 7) is 5.63. The van der Waals surface area contributed by atoms with Crippen molar-refractivity contribution in [2.75, 3.05) is 13.1 Å². The van der Waals surface area contributed by atoms with Crippen molar-refractivity contribution in [3.8, 4) is 0 Å². The number of halogens is 1. The zero-order valence-electron chi connectivity index (χ0n) is 10.8. The maximum Gasteiger partial charge on any atom is 0.271 e. The van der Waals surface area contributed by atoms with Gasteiger partial charge in [-0.2, -0.15) is 5.10 Å². The van der Waals surface area contributed by atoms with E-state index in [1.54, 1.807) is 0 Å². The minimum Gasteiger partial charge on any atom is -0.349 e. The summed E-state index contributed by atoms with van der Waals surface area (Å²) in [4.78, 5) is 11.8. The molecule has 0 aromatic carbocycles. The molecule has 1 saturated carbocycles. The van der Waals surface area contributed by atoms with Crippen LogP contribution in [0.15, 0.2) is 6.07 Å². The summed E-state index contributed by atoms with van der Waals surface area (Å²) in [5.41, 5.74) is 1.59. The van der Waals surface area contributed by atoms with Crippen LogP contribution in [0.25, 0.3) is 0 Å². The van der Waals surface area contributed by atoms with Crippen LogP contribution in [0.5, 0.6) is 0 Å². The van der Waals surface area contributed by atoms with E-state index in [2.05, 4.69) is 20.8 Å². The molecule has 3 N–H and O–H groups in total. The highest BCUT2D eigenvalue weighted by molar-refractivity contribution is 5.92. The van der Waals surface area contributed by atoms with Gasteiger partial charge in [0.1, 0.15) is 5.69 Å². The van der Waals surface area contributed by atoms with Crippen LogP contribution < -0.4 is 10.6 Å². The van der Waals surface area contributed by atoms with Crippen LogP contribution in [0.2, 0.25) is 0 Å². The fraction of sp³-hybridized carbons (Fsp3) is 0.667. The Labute approximate surface area is 114 Å². The van der Waals surface area contributed by atoms with Gasteiger partial charge in [0.15, 0.2) is 0 Å². The fourth-order valence-corrected chi connectivity index (χ4v) is 1.81. The van der Waals surface area contributed by atoms with Gasteiger partial charge < -0.3 is 10.6 Å². The van der Waals surface area contributed by atoms with E-state index in [1.807, 2.05) is 19.9 Å². The number of aromatic amines is 1. The molecule has 2 rings (SSSR count). The standard InChI is InChI=1S/C12H20N4O.ClH/c1-3-13-8(2)7-14-12(17)11-6-10(15-16-11)9-4-5-9;/h6,8-9,13H,3-5,7H2,1-2H3,(H,14,17)(H,15,16);1H/t8-;/m1./s1. The Morgan fingerprint density at radius 2 is 2.33 bits per heavy atom. The molecule has 5 nitrogen and oxygen atoms in total. The molecule has 102 valence electrons. The van der Waals surface area contributed by atoms with Crippen LogP contribution in [0.3, 0.4) is 0 Å². The van der Waals surface area contributed by atoms with Gasteiger partial charge in [-0.15, -0.1) is 12.4 Å². The molecule has 18 heavy (non-hydrogen) atoms. The minimum atomic E-state index is -0.0992. The van der Waals surface area contributed by atoms with Crippen molar-refractivity contribution in [2.45, 2.75) is 38.6 Å². The van der Waals surface area contributed by atoms with Gasteiger partial charge in [-0.3, -0.25) is 9.89 Å². The number of likely N-dealkylation sites (N-methyl/N-ethyl adjacent to an activating group) is 1. The number of carbonyl (C=O) groups is 1. The van der Waals surface area contributed by atoms with E-state index in [1.165, 1.54) is 12.8 Å². The first-order valence-electron chi connectivity index (χ1n) is 6.27. The van der Waals surface area contributed by atoms with Crippen molar-refractivity contribution in [1.82, 2.24) is 20.8 Å². The number of aromatic nitrogens is 2. The van der Waals surface area contributed by atoms with Gasteiger partial charge in [-0.05, 0) is 32.4 Å². The third-order valence-corrected chi connectivity index (χ3v) is 2.97. The Hall–Kier alpha value is -1.07. The van der Waals surface area contributed by atoms with Crippen LogP contribution in [-0.2, 0) is 0 Å². The van der Waals surface area contributed by atoms with Gasteiger partial charge in [-0.25, -0.2) is 0 Å². The van der Waals surface area contributed by atoms with Crippen LogP contribution in [0, 0.1) is 0 Å². The maximum atomic E-state index is 11.8. The largest absolute Gasteiger partial charge is 0.349 e. The molecule has 1 heterocycles. The summed E-state index contributed by atoms with van der Waals surface area (Å²) in [6.07, 6.45) is 2.42. The minimum absolute atomic E-state index is 0. The van der Waals surface area contributed by atoms with Gasteiger partial charge in [-0.1, -0.05) is 6.92 Å². The number of H-pyrrole nitrogens is 1. The summed E-state index contributed by atoms with van der Waals surface area (Å²) in [5.74, 6) is 0.502. The Morgan fingerprint density at radius 3 is 2.94 bits per heavy atom. The van der Waals surface area contributed by atoms with Crippen LogP contribution >= 0.6 is 12.4 Å². The number of nitrogens with one attached hydrogen (secondary N) is 3. The van der Waals surface area contributed by atoms with Crippen LogP contribution in [0.1, 0.15) is 48.8 Å². The maximum absolute atomic E-state index is 11.8. The molecule has 1 aromatic rings. The van der Waals surface area contributed by atoms with E-state index in [0.29, 0.717) is 18.2 Å². The van der Waals surface area contributed by atoms with E-state index in [-0.39, 0.29) is 24.4 Å². The summed E-state index contributed by atoms with van der Waals surface area (Å²) in [7, 11) is 0. The van der Waals surface area contributed by atoms with Gasteiger partial charge >= 0.3 is 0 Å².